The largest absolute Gasteiger partial charge is 0.495 e. The van der Waals surface area contributed by atoms with Crippen LogP contribution in [0.25, 0.3) is 28.0 Å². The van der Waals surface area contributed by atoms with Gasteiger partial charge in [-0.1, -0.05) is 66.2 Å². The number of benzene rings is 3. The number of hydrogen-bond acceptors (Lipinski definition) is 4. The quantitative estimate of drug-likeness (QED) is 0.220. The number of rotatable bonds is 8. The number of pyridine rings is 1. The van der Waals surface area contributed by atoms with Crippen LogP contribution in [0.1, 0.15) is 29.4 Å². The number of methoxy groups -OCH3 is 1. The monoisotopic (exact) mass is 523 g/mol. The van der Waals surface area contributed by atoms with Crippen LogP contribution < -0.4 is 10.1 Å². The molecular weight excluding hydrogens is 498 g/mol. The number of anilines is 1. The zero-order chi connectivity index (χ0) is 26.6. The zero-order valence-electron chi connectivity index (χ0n) is 21.1. The summed E-state index contributed by atoms with van der Waals surface area (Å²) in [6, 6.07) is 26.7. The molecule has 0 fully saturated rings. The van der Waals surface area contributed by atoms with Crippen LogP contribution in [0.5, 0.6) is 5.75 Å². The predicted octanol–water partition coefficient (Wildman–Crippen LogP) is 7.10. The molecule has 0 unspecified atom stereocenters. The molecule has 3 aromatic carbocycles. The van der Waals surface area contributed by atoms with Gasteiger partial charge in [0.15, 0.2) is 5.78 Å². The molecule has 1 N–H and O–H groups in total. The Hall–Kier alpha value is -4.42. The maximum atomic E-state index is 12.9. The molecule has 0 saturated carbocycles. The number of nitrogens with zero attached hydrogens (tertiary/aromatic N) is 2. The zero-order valence-corrected chi connectivity index (χ0v) is 21.8. The number of ether oxygens (including phenoxy) is 1. The summed E-state index contributed by atoms with van der Waals surface area (Å²) in [6.45, 7) is 1.56. The third kappa shape index (κ3) is 5.31. The first-order valence-electron chi connectivity index (χ1n) is 12.2. The summed E-state index contributed by atoms with van der Waals surface area (Å²) in [5.41, 5.74) is 6.83. The van der Waals surface area contributed by atoms with Crippen LogP contribution in [0.15, 0.2) is 91.1 Å². The van der Waals surface area contributed by atoms with Gasteiger partial charge in [0.2, 0.25) is 5.91 Å². The van der Waals surface area contributed by atoms with Crippen molar-refractivity contribution in [3.63, 3.8) is 0 Å². The van der Waals surface area contributed by atoms with Gasteiger partial charge in [0, 0.05) is 29.4 Å². The number of aromatic nitrogens is 2. The molecule has 190 valence electrons. The Balaban J connectivity index is 1.46. The highest BCUT2D eigenvalue weighted by Crippen LogP contribution is 2.30. The second-order valence-corrected chi connectivity index (χ2v) is 9.36. The van der Waals surface area contributed by atoms with E-state index in [2.05, 4.69) is 5.32 Å². The van der Waals surface area contributed by atoms with Crippen LogP contribution in [-0.2, 0) is 11.2 Å². The smallest absolute Gasteiger partial charge is 0.224 e. The van der Waals surface area contributed by atoms with Crippen molar-refractivity contribution in [2.24, 2.45) is 0 Å². The van der Waals surface area contributed by atoms with E-state index < -0.39 is 0 Å². The fraction of sp³-hybridized carbons (Fsp3) is 0.129. The molecular formula is C31H26ClN3O3. The first-order chi connectivity index (χ1) is 18.4. The first kappa shape index (κ1) is 25.2. The van der Waals surface area contributed by atoms with Crippen LogP contribution in [0.3, 0.4) is 0 Å². The molecule has 0 atom stereocenters. The number of halogens is 1. The second-order valence-electron chi connectivity index (χ2n) is 8.95. The van der Waals surface area contributed by atoms with Gasteiger partial charge >= 0.3 is 0 Å². The van der Waals surface area contributed by atoms with Crippen LogP contribution in [0.2, 0.25) is 5.02 Å². The molecule has 0 aliphatic rings. The van der Waals surface area contributed by atoms with Crippen LogP contribution >= 0.6 is 11.6 Å². The van der Waals surface area contributed by atoms with Gasteiger partial charge in [-0.3, -0.25) is 9.59 Å². The van der Waals surface area contributed by atoms with Crippen molar-refractivity contribution in [3.05, 3.63) is 107 Å². The Morgan fingerprint density at radius 2 is 1.66 bits per heavy atom. The lowest BCUT2D eigenvalue weighted by Gasteiger charge is -2.10. The number of nitrogens with one attached hydrogen (secondary N) is 1. The maximum absolute atomic E-state index is 12.9. The molecule has 0 spiro atoms. The number of amides is 1. The van der Waals surface area contributed by atoms with E-state index in [1.165, 1.54) is 0 Å². The Kier molecular flexibility index (Phi) is 7.24. The average Bonchev–Trinajstić information content (AvgIpc) is 3.30. The van der Waals surface area contributed by atoms with Gasteiger partial charge < -0.3 is 14.5 Å². The topological polar surface area (TPSA) is 72.7 Å². The fourth-order valence-corrected chi connectivity index (χ4v) is 4.68. The van der Waals surface area contributed by atoms with Gasteiger partial charge in [-0.15, -0.1) is 0 Å². The van der Waals surface area contributed by atoms with E-state index in [-0.39, 0.29) is 18.1 Å². The molecule has 2 heterocycles. The highest BCUT2D eigenvalue weighted by molar-refractivity contribution is 6.32. The number of hydrogen-bond donors (Lipinski definition) is 1. The van der Waals surface area contributed by atoms with Crippen molar-refractivity contribution in [2.75, 3.05) is 12.4 Å². The summed E-state index contributed by atoms with van der Waals surface area (Å²) >= 11 is 6.21. The Morgan fingerprint density at radius 1 is 0.921 bits per heavy atom. The molecule has 0 bridgehead atoms. The van der Waals surface area contributed by atoms with Crippen molar-refractivity contribution in [1.82, 2.24) is 9.38 Å². The van der Waals surface area contributed by atoms with Crippen molar-refractivity contribution < 1.29 is 14.3 Å². The van der Waals surface area contributed by atoms with Crippen LogP contribution in [-0.4, -0.2) is 28.2 Å². The normalized spacial score (nSPS) is 10.9. The molecule has 5 rings (SSSR count). The minimum Gasteiger partial charge on any atom is -0.495 e. The van der Waals surface area contributed by atoms with Crippen molar-refractivity contribution in [1.29, 1.82) is 0 Å². The summed E-state index contributed by atoms with van der Waals surface area (Å²) in [5, 5.41) is 3.35. The van der Waals surface area contributed by atoms with Gasteiger partial charge in [-0.25, -0.2) is 4.98 Å². The van der Waals surface area contributed by atoms with Crippen LogP contribution in [0.4, 0.5) is 5.69 Å². The third-order valence-corrected chi connectivity index (χ3v) is 6.71. The highest BCUT2D eigenvalue weighted by atomic mass is 35.5. The Bertz CT molecular complexity index is 1630. The SMILES string of the molecule is COc1ccc(NC(=O)CCc2c(-c3ccccc3)nc3ccc(-c4ccc(C(C)=O)cc4)cn23)cc1Cl. The molecule has 2 aromatic heterocycles. The molecule has 0 aliphatic heterocycles. The van der Waals surface area contributed by atoms with Crippen LogP contribution in [0, 0.1) is 0 Å². The summed E-state index contributed by atoms with van der Waals surface area (Å²) in [4.78, 5) is 29.5. The van der Waals surface area contributed by atoms with E-state index in [1.807, 2.05) is 77.3 Å². The number of aryl methyl sites for hydroxylation is 1. The standard InChI is InChI=1S/C31H26ClN3O3/c1-20(36)21-8-10-22(11-9-21)24-12-16-29-34-31(23-6-4-3-5-7-23)27(35(29)19-24)14-17-30(37)33-25-13-15-28(38-2)26(32)18-25/h3-13,15-16,18-19H,14,17H2,1-2H3,(H,33,37). The second kappa shape index (κ2) is 10.9. The van der Waals surface area contributed by atoms with E-state index in [0.29, 0.717) is 28.4 Å². The minimum atomic E-state index is -0.129. The number of ketones is 1. The van der Waals surface area contributed by atoms with E-state index in [0.717, 1.165) is 33.7 Å². The minimum absolute atomic E-state index is 0.0339. The van der Waals surface area contributed by atoms with Gasteiger partial charge in [0.1, 0.15) is 11.4 Å². The Labute approximate surface area is 225 Å². The molecule has 0 saturated heterocycles. The number of carbonyl (C=O) groups excluding carboxylic acids is 2. The fourth-order valence-electron chi connectivity index (χ4n) is 4.43. The number of imidazole rings is 1. The van der Waals surface area contributed by atoms with E-state index in [9.17, 15) is 9.59 Å². The number of carbonyl (C=O) groups is 2. The molecule has 1 amide bonds. The highest BCUT2D eigenvalue weighted by Gasteiger charge is 2.17. The molecule has 5 aromatic rings. The molecule has 0 radical (unpaired) electrons. The van der Waals surface area contributed by atoms with E-state index >= 15 is 0 Å². The van der Waals surface area contributed by atoms with Gasteiger partial charge in [-0.05, 0) is 54.8 Å². The van der Waals surface area contributed by atoms with Gasteiger partial charge in [0.05, 0.1) is 23.5 Å². The lowest BCUT2D eigenvalue weighted by Crippen LogP contribution is -2.13. The summed E-state index contributed by atoms with van der Waals surface area (Å²) in [7, 11) is 1.55. The predicted molar refractivity (Wildman–Crippen MR) is 151 cm³/mol. The van der Waals surface area contributed by atoms with E-state index in [4.69, 9.17) is 21.3 Å². The third-order valence-electron chi connectivity index (χ3n) is 6.41. The van der Waals surface area contributed by atoms with E-state index in [1.54, 1.807) is 32.2 Å². The average molecular weight is 524 g/mol. The lowest BCUT2D eigenvalue weighted by atomic mass is 10.0. The summed E-state index contributed by atoms with van der Waals surface area (Å²) < 4.78 is 7.24. The number of fused-ring (bicyclic) bond motifs is 1. The molecule has 38 heavy (non-hydrogen) atoms. The summed E-state index contributed by atoms with van der Waals surface area (Å²) in [5.74, 6) is 0.456. The van der Waals surface area contributed by atoms with Gasteiger partial charge in [-0.2, -0.15) is 0 Å². The molecule has 6 nitrogen and oxygen atoms in total. The van der Waals surface area contributed by atoms with Crippen molar-refractivity contribution in [2.45, 2.75) is 19.8 Å². The van der Waals surface area contributed by atoms with Crippen molar-refractivity contribution >= 4 is 34.6 Å². The first-order valence-corrected chi connectivity index (χ1v) is 12.6. The summed E-state index contributed by atoms with van der Waals surface area (Å²) in [6.07, 6.45) is 2.77. The van der Waals surface area contributed by atoms with Crippen molar-refractivity contribution in [3.8, 4) is 28.1 Å². The number of Topliss-reactive ketones (excluding diaryl/α,β-unsaturated/α-hetero) is 1. The molecule has 7 heteroatoms. The Morgan fingerprint density at radius 3 is 2.34 bits per heavy atom. The maximum Gasteiger partial charge on any atom is 0.224 e. The van der Waals surface area contributed by atoms with Gasteiger partial charge in [0.25, 0.3) is 0 Å². The molecule has 0 aliphatic carbocycles. The lowest BCUT2D eigenvalue weighted by molar-refractivity contribution is -0.116.